The third-order valence-corrected chi connectivity index (χ3v) is 3.91. The van der Waals surface area contributed by atoms with Crippen molar-refractivity contribution < 1.29 is 4.79 Å². The molecule has 5 nitrogen and oxygen atoms in total. The Kier molecular flexibility index (Phi) is 4.21. The molecule has 0 radical (unpaired) electrons. The van der Waals surface area contributed by atoms with Gasteiger partial charge in [-0.25, -0.2) is 4.79 Å². The van der Waals surface area contributed by atoms with Gasteiger partial charge < -0.3 is 15.3 Å². The van der Waals surface area contributed by atoms with Crippen LogP contribution in [-0.4, -0.2) is 15.9 Å². The molecule has 3 N–H and O–H groups in total. The van der Waals surface area contributed by atoms with Crippen LogP contribution in [0.2, 0.25) is 5.02 Å². The zero-order chi connectivity index (χ0) is 16.4. The minimum atomic E-state index is -0.241. The molecule has 0 bridgehead atoms. The second-order valence-corrected chi connectivity index (χ2v) is 5.92. The van der Waals surface area contributed by atoms with Gasteiger partial charge in [-0.1, -0.05) is 29.8 Å². The molecule has 3 rings (SSSR count). The number of fused-ring (bicyclic) bond motifs is 1. The predicted octanol–water partition coefficient (Wildman–Crippen LogP) is 2.93. The number of aromatic nitrogens is 2. The second-order valence-electron chi connectivity index (χ2n) is 5.48. The van der Waals surface area contributed by atoms with E-state index in [1.807, 2.05) is 37.3 Å². The van der Waals surface area contributed by atoms with E-state index in [1.54, 1.807) is 12.1 Å². The number of carbonyl (C=O) groups excluding carboxylic acids is 1. The molecule has 1 heterocycles. The molecule has 118 valence electrons. The van der Waals surface area contributed by atoms with E-state index >= 15 is 0 Å². The first kappa shape index (κ1) is 15.4. The van der Waals surface area contributed by atoms with Gasteiger partial charge in [0.2, 0.25) is 5.91 Å². The fourth-order valence-electron chi connectivity index (χ4n) is 2.53. The average Bonchev–Trinajstić information content (AvgIpc) is 2.86. The van der Waals surface area contributed by atoms with Gasteiger partial charge in [-0.3, -0.25) is 4.79 Å². The molecule has 2 aromatic carbocycles. The Morgan fingerprint density at radius 3 is 2.74 bits per heavy atom. The normalized spacial score (nSPS) is 12.3. The molecule has 0 aliphatic heterocycles. The van der Waals surface area contributed by atoms with E-state index in [2.05, 4.69) is 15.3 Å². The molecule has 0 spiro atoms. The van der Waals surface area contributed by atoms with Gasteiger partial charge in [-0.15, -0.1) is 0 Å². The van der Waals surface area contributed by atoms with Gasteiger partial charge in [0.15, 0.2) is 0 Å². The summed E-state index contributed by atoms with van der Waals surface area (Å²) in [5.41, 5.74) is 3.02. The highest BCUT2D eigenvalue weighted by molar-refractivity contribution is 6.30. The Labute approximate surface area is 137 Å². The zero-order valence-electron chi connectivity index (χ0n) is 12.5. The number of nitrogens with one attached hydrogen (secondary N) is 3. The van der Waals surface area contributed by atoms with E-state index in [0.29, 0.717) is 5.02 Å². The minimum Gasteiger partial charge on any atom is -0.349 e. The maximum Gasteiger partial charge on any atom is 0.323 e. The summed E-state index contributed by atoms with van der Waals surface area (Å²) in [6, 6.07) is 12.7. The van der Waals surface area contributed by atoms with E-state index in [-0.39, 0.29) is 24.1 Å². The maximum absolute atomic E-state index is 12.2. The lowest BCUT2D eigenvalue weighted by Gasteiger charge is -2.14. The summed E-state index contributed by atoms with van der Waals surface area (Å²) in [4.78, 5) is 28.9. The molecule has 23 heavy (non-hydrogen) atoms. The molecule has 0 saturated heterocycles. The van der Waals surface area contributed by atoms with Gasteiger partial charge in [0.1, 0.15) is 0 Å². The van der Waals surface area contributed by atoms with Crippen molar-refractivity contribution in [3.05, 3.63) is 69.1 Å². The van der Waals surface area contributed by atoms with Crippen LogP contribution < -0.4 is 11.0 Å². The van der Waals surface area contributed by atoms with Crippen LogP contribution in [0, 0.1) is 0 Å². The summed E-state index contributed by atoms with van der Waals surface area (Å²) in [5.74, 6) is -0.0811. The van der Waals surface area contributed by atoms with Crippen molar-refractivity contribution >= 4 is 28.5 Å². The summed E-state index contributed by atoms with van der Waals surface area (Å²) >= 11 is 5.92. The highest BCUT2D eigenvalue weighted by Crippen LogP contribution is 2.17. The monoisotopic (exact) mass is 329 g/mol. The smallest absolute Gasteiger partial charge is 0.323 e. The highest BCUT2D eigenvalue weighted by atomic mass is 35.5. The maximum atomic E-state index is 12.2. The van der Waals surface area contributed by atoms with Gasteiger partial charge in [-0.2, -0.15) is 0 Å². The van der Waals surface area contributed by atoms with Gasteiger partial charge >= 0.3 is 5.69 Å². The van der Waals surface area contributed by atoms with Crippen LogP contribution in [0.15, 0.2) is 47.3 Å². The molecular weight excluding hydrogens is 314 g/mol. The first-order valence-electron chi connectivity index (χ1n) is 7.27. The van der Waals surface area contributed by atoms with Crippen LogP contribution >= 0.6 is 11.6 Å². The molecule has 1 aromatic heterocycles. The Morgan fingerprint density at radius 1 is 1.17 bits per heavy atom. The number of halogens is 1. The van der Waals surface area contributed by atoms with Crippen molar-refractivity contribution in [3.8, 4) is 0 Å². The van der Waals surface area contributed by atoms with E-state index in [4.69, 9.17) is 11.6 Å². The molecular formula is C17H16ClN3O2. The van der Waals surface area contributed by atoms with Crippen LogP contribution in [0.1, 0.15) is 24.1 Å². The van der Waals surface area contributed by atoms with E-state index in [9.17, 15) is 9.59 Å². The lowest BCUT2D eigenvalue weighted by atomic mass is 10.1. The fraction of sp³-hybridized carbons (Fsp3) is 0.176. The predicted molar refractivity (Wildman–Crippen MR) is 90.6 cm³/mol. The van der Waals surface area contributed by atoms with Crippen LogP contribution in [0.5, 0.6) is 0 Å². The molecule has 1 atom stereocenters. The fourth-order valence-corrected chi connectivity index (χ4v) is 2.74. The highest BCUT2D eigenvalue weighted by Gasteiger charge is 2.11. The summed E-state index contributed by atoms with van der Waals surface area (Å²) < 4.78 is 0. The number of H-pyrrole nitrogens is 2. The van der Waals surface area contributed by atoms with Gasteiger partial charge in [0.05, 0.1) is 23.5 Å². The first-order valence-corrected chi connectivity index (χ1v) is 7.65. The van der Waals surface area contributed by atoms with Crippen molar-refractivity contribution in [2.75, 3.05) is 0 Å². The van der Waals surface area contributed by atoms with Gasteiger partial charge in [-0.05, 0) is 42.3 Å². The molecule has 1 amide bonds. The Balaban J connectivity index is 1.70. The second kappa shape index (κ2) is 6.30. The SMILES string of the molecule is C[C@@H](NC(=O)Cc1cccc(Cl)c1)c1ccc2[nH]c(=O)[nH]c2c1. The lowest BCUT2D eigenvalue weighted by molar-refractivity contribution is -0.121. The summed E-state index contributed by atoms with van der Waals surface area (Å²) in [5, 5.41) is 3.57. The Hall–Kier alpha value is -2.53. The van der Waals surface area contributed by atoms with Crippen LogP contribution in [-0.2, 0) is 11.2 Å². The van der Waals surface area contributed by atoms with Crippen molar-refractivity contribution in [3.63, 3.8) is 0 Å². The topological polar surface area (TPSA) is 77.8 Å². The minimum absolute atomic E-state index is 0.0811. The Bertz CT molecular complexity index is 913. The molecule has 0 aliphatic carbocycles. The lowest BCUT2D eigenvalue weighted by Crippen LogP contribution is -2.28. The number of amides is 1. The number of rotatable bonds is 4. The molecule has 0 aliphatic rings. The molecule has 6 heteroatoms. The van der Waals surface area contributed by atoms with E-state index in [1.165, 1.54) is 0 Å². The molecule has 0 saturated carbocycles. The van der Waals surface area contributed by atoms with Crippen LogP contribution in [0.3, 0.4) is 0 Å². The summed E-state index contributed by atoms with van der Waals surface area (Å²) in [6.07, 6.45) is 0.272. The van der Waals surface area contributed by atoms with Crippen molar-refractivity contribution in [2.24, 2.45) is 0 Å². The van der Waals surface area contributed by atoms with E-state index in [0.717, 1.165) is 22.2 Å². The van der Waals surface area contributed by atoms with E-state index < -0.39 is 0 Å². The largest absolute Gasteiger partial charge is 0.349 e. The van der Waals surface area contributed by atoms with Crippen molar-refractivity contribution in [1.82, 2.24) is 15.3 Å². The van der Waals surface area contributed by atoms with Gasteiger partial charge in [0, 0.05) is 5.02 Å². The Morgan fingerprint density at radius 2 is 1.96 bits per heavy atom. The summed E-state index contributed by atoms with van der Waals surface area (Å²) in [7, 11) is 0. The molecule has 0 unspecified atom stereocenters. The number of carbonyl (C=O) groups is 1. The average molecular weight is 330 g/mol. The van der Waals surface area contributed by atoms with Crippen LogP contribution in [0.25, 0.3) is 11.0 Å². The third kappa shape index (κ3) is 3.63. The number of hydrogen-bond acceptors (Lipinski definition) is 2. The first-order chi connectivity index (χ1) is 11.0. The number of benzene rings is 2. The number of imidazole rings is 1. The zero-order valence-corrected chi connectivity index (χ0v) is 13.3. The number of hydrogen-bond donors (Lipinski definition) is 3. The van der Waals surface area contributed by atoms with Crippen molar-refractivity contribution in [2.45, 2.75) is 19.4 Å². The standard InChI is InChI=1S/C17H16ClN3O2/c1-10(12-5-6-14-15(9-12)21-17(23)20-14)19-16(22)8-11-3-2-4-13(18)7-11/h2-7,9-10H,8H2,1H3,(H,19,22)(H2,20,21,23)/t10-/m1/s1. The molecule has 3 aromatic rings. The van der Waals surface area contributed by atoms with Gasteiger partial charge in [0.25, 0.3) is 0 Å². The van der Waals surface area contributed by atoms with Crippen LogP contribution in [0.4, 0.5) is 0 Å². The third-order valence-electron chi connectivity index (χ3n) is 3.67. The van der Waals surface area contributed by atoms with Crippen molar-refractivity contribution in [1.29, 1.82) is 0 Å². The quantitative estimate of drug-likeness (QED) is 0.688. The number of aromatic amines is 2. The molecule has 0 fully saturated rings. The summed E-state index contributed by atoms with van der Waals surface area (Å²) in [6.45, 7) is 1.90.